The minimum absolute atomic E-state index is 0.101. The third-order valence-electron chi connectivity index (χ3n) is 4.85. The Morgan fingerprint density at radius 1 is 1.18 bits per heavy atom. The lowest BCUT2D eigenvalue weighted by Crippen LogP contribution is -2.44. The zero-order valence-corrected chi connectivity index (χ0v) is 18.9. The molecule has 1 N–H and O–H groups in total. The number of nitrogens with one attached hydrogen (secondary N) is 1. The van der Waals surface area contributed by atoms with Crippen molar-refractivity contribution in [2.24, 2.45) is 0 Å². The summed E-state index contributed by atoms with van der Waals surface area (Å²) in [5.74, 6) is 0.883. The van der Waals surface area contributed by atoms with Crippen molar-refractivity contribution in [3.05, 3.63) is 44.9 Å². The van der Waals surface area contributed by atoms with Crippen molar-refractivity contribution in [1.29, 1.82) is 0 Å². The predicted octanol–water partition coefficient (Wildman–Crippen LogP) is 4.52. The molecule has 0 aliphatic carbocycles. The molecule has 0 spiro atoms. The summed E-state index contributed by atoms with van der Waals surface area (Å²) in [6.07, 6.45) is 0. The third-order valence-corrected chi connectivity index (χ3v) is 7.44. The van der Waals surface area contributed by atoms with Gasteiger partial charge in [-0.15, -0.1) is 23.1 Å². The maximum absolute atomic E-state index is 13.2. The van der Waals surface area contributed by atoms with E-state index >= 15 is 0 Å². The van der Waals surface area contributed by atoms with Crippen molar-refractivity contribution in [1.82, 2.24) is 9.88 Å². The van der Waals surface area contributed by atoms with Gasteiger partial charge in [0.1, 0.15) is 10.9 Å². The fraction of sp³-hybridized carbons (Fsp3) is 0.476. The number of nitrogens with zero attached hydrogens (tertiary/aromatic N) is 2. The molecule has 7 heteroatoms. The number of carbonyl (C=O) groups is 2. The summed E-state index contributed by atoms with van der Waals surface area (Å²) in [7, 11) is 0. The van der Waals surface area contributed by atoms with E-state index < -0.39 is 6.04 Å². The molecule has 0 bridgehead atoms. The predicted molar refractivity (Wildman–Crippen MR) is 117 cm³/mol. The van der Waals surface area contributed by atoms with Crippen molar-refractivity contribution < 1.29 is 9.59 Å². The van der Waals surface area contributed by atoms with Crippen LogP contribution in [0.25, 0.3) is 0 Å². The maximum atomic E-state index is 13.2. The van der Waals surface area contributed by atoms with E-state index in [1.54, 1.807) is 16.7 Å². The number of carbonyl (C=O) groups excluding carboxylic acids is 2. The van der Waals surface area contributed by atoms with Crippen LogP contribution in [0.4, 0.5) is 5.69 Å². The summed E-state index contributed by atoms with van der Waals surface area (Å²) in [6, 6.07) is 5.38. The van der Waals surface area contributed by atoms with Gasteiger partial charge in [-0.05, 0) is 44.0 Å². The van der Waals surface area contributed by atoms with E-state index in [1.807, 2.05) is 39.0 Å². The number of aryl methyl sites for hydroxylation is 3. The number of thiazole rings is 1. The molecule has 3 rings (SSSR count). The second kappa shape index (κ2) is 7.87. The van der Waals surface area contributed by atoms with Gasteiger partial charge in [-0.25, -0.2) is 4.98 Å². The van der Waals surface area contributed by atoms with Crippen molar-refractivity contribution >= 4 is 40.6 Å². The molecule has 1 aliphatic rings. The Bertz CT molecular complexity index is 915. The van der Waals surface area contributed by atoms with Gasteiger partial charge in [0.05, 0.1) is 16.6 Å². The van der Waals surface area contributed by atoms with Crippen LogP contribution in [0, 0.1) is 20.8 Å². The standard InChI is InChI=1S/C21H27N3O2S2/c1-12-7-8-15(9-13(12)2)23-18(25)16-10-27-11-24(16)19(26)17-14(3)22-20(28-17)21(4,5)6/h7-9,16H,10-11H2,1-6H3,(H,23,25). The van der Waals surface area contributed by atoms with E-state index in [1.165, 1.54) is 16.9 Å². The van der Waals surface area contributed by atoms with Gasteiger partial charge in [0.15, 0.2) is 0 Å². The Morgan fingerprint density at radius 3 is 2.50 bits per heavy atom. The van der Waals surface area contributed by atoms with Crippen molar-refractivity contribution in [3.8, 4) is 0 Å². The zero-order valence-electron chi connectivity index (χ0n) is 17.3. The Hall–Kier alpha value is -1.86. The highest BCUT2D eigenvalue weighted by Crippen LogP contribution is 2.32. The van der Waals surface area contributed by atoms with Crippen LogP contribution in [0.15, 0.2) is 18.2 Å². The number of aromatic nitrogens is 1. The minimum atomic E-state index is -0.473. The molecule has 5 nitrogen and oxygen atoms in total. The smallest absolute Gasteiger partial charge is 0.267 e. The summed E-state index contributed by atoms with van der Waals surface area (Å²) in [4.78, 5) is 33.0. The van der Waals surface area contributed by atoms with Crippen LogP contribution in [0.3, 0.4) is 0 Å². The highest BCUT2D eigenvalue weighted by molar-refractivity contribution is 7.99. The first-order valence-corrected chi connectivity index (χ1v) is 11.3. The molecule has 0 saturated carbocycles. The van der Waals surface area contributed by atoms with Gasteiger partial charge in [-0.3, -0.25) is 9.59 Å². The molecule has 0 radical (unpaired) electrons. The second-order valence-corrected chi connectivity index (χ2v) is 10.3. The lowest BCUT2D eigenvalue weighted by Gasteiger charge is -2.23. The van der Waals surface area contributed by atoms with Crippen LogP contribution in [0.5, 0.6) is 0 Å². The zero-order chi connectivity index (χ0) is 20.6. The molecule has 1 aromatic heterocycles. The van der Waals surface area contributed by atoms with Gasteiger partial charge in [0.25, 0.3) is 5.91 Å². The van der Waals surface area contributed by atoms with Crippen molar-refractivity contribution in [3.63, 3.8) is 0 Å². The van der Waals surface area contributed by atoms with Gasteiger partial charge in [0, 0.05) is 16.9 Å². The molecule has 2 amide bonds. The minimum Gasteiger partial charge on any atom is -0.324 e. The molecule has 1 saturated heterocycles. The number of anilines is 1. The number of rotatable bonds is 3. The first kappa shape index (κ1) is 20.9. The first-order valence-electron chi connectivity index (χ1n) is 9.32. The van der Waals surface area contributed by atoms with Gasteiger partial charge in [-0.1, -0.05) is 26.8 Å². The molecule has 150 valence electrons. The SMILES string of the molecule is Cc1ccc(NC(=O)C2CSCN2C(=O)c2sc(C(C)(C)C)nc2C)cc1C. The quantitative estimate of drug-likeness (QED) is 0.798. The highest BCUT2D eigenvalue weighted by Gasteiger charge is 2.37. The summed E-state index contributed by atoms with van der Waals surface area (Å²) in [6.45, 7) is 12.2. The van der Waals surface area contributed by atoms with Gasteiger partial charge in [-0.2, -0.15) is 0 Å². The van der Waals surface area contributed by atoms with Crippen molar-refractivity contribution in [2.75, 3.05) is 16.9 Å². The van der Waals surface area contributed by atoms with E-state index in [0.29, 0.717) is 16.5 Å². The molecule has 1 fully saturated rings. The second-order valence-electron chi connectivity index (χ2n) is 8.26. The molecule has 2 heterocycles. The lowest BCUT2D eigenvalue weighted by molar-refractivity contribution is -0.119. The number of hydrogen-bond donors (Lipinski definition) is 1. The molecule has 1 aliphatic heterocycles. The molecule has 1 unspecified atom stereocenters. The first-order chi connectivity index (χ1) is 13.1. The largest absolute Gasteiger partial charge is 0.324 e. The number of thioether (sulfide) groups is 1. The number of amides is 2. The molecule has 1 atom stereocenters. The topological polar surface area (TPSA) is 62.3 Å². The Morgan fingerprint density at radius 2 is 1.89 bits per heavy atom. The summed E-state index contributed by atoms with van der Waals surface area (Å²) in [5, 5.41) is 3.91. The molecule has 2 aromatic rings. The van der Waals surface area contributed by atoms with E-state index in [-0.39, 0.29) is 17.2 Å². The van der Waals surface area contributed by atoms with E-state index in [4.69, 9.17) is 0 Å². The molecule has 28 heavy (non-hydrogen) atoms. The van der Waals surface area contributed by atoms with E-state index in [9.17, 15) is 9.59 Å². The lowest BCUT2D eigenvalue weighted by atomic mass is 9.98. The van der Waals surface area contributed by atoms with Gasteiger partial charge >= 0.3 is 0 Å². The van der Waals surface area contributed by atoms with E-state index in [0.717, 1.165) is 22.0 Å². The van der Waals surface area contributed by atoms with E-state index in [2.05, 4.69) is 31.1 Å². The Balaban J connectivity index is 1.78. The summed E-state index contributed by atoms with van der Waals surface area (Å²) < 4.78 is 0. The fourth-order valence-electron chi connectivity index (χ4n) is 2.95. The average Bonchev–Trinajstić information content (AvgIpc) is 3.24. The number of benzene rings is 1. The number of hydrogen-bond acceptors (Lipinski definition) is 5. The van der Waals surface area contributed by atoms with Crippen LogP contribution < -0.4 is 5.32 Å². The average molecular weight is 418 g/mol. The fourth-order valence-corrected chi connectivity index (χ4v) is 5.18. The third kappa shape index (κ3) is 4.25. The highest BCUT2D eigenvalue weighted by atomic mass is 32.2. The normalized spacial score (nSPS) is 17.1. The molecular formula is C21H27N3O2S2. The summed E-state index contributed by atoms with van der Waals surface area (Å²) in [5.41, 5.74) is 3.71. The maximum Gasteiger partial charge on any atom is 0.267 e. The van der Waals surface area contributed by atoms with Gasteiger partial charge in [0.2, 0.25) is 5.91 Å². The molecule has 1 aromatic carbocycles. The Labute approximate surface area is 174 Å². The van der Waals surface area contributed by atoms with Crippen LogP contribution in [0.2, 0.25) is 0 Å². The summed E-state index contributed by atoms with van der Waals surface area (Å²) >= 11 is 3.04. The Kier molecular flexibility index (Phi) is 5.87. The van der Waals surface area contributed by atoms with Crippen LogP contribution in [-0.2, 0) is 10.2 Å². The van der Waals surface area contributed by atoms with Gasteiger partial charge < -0.3 is 10.2 Å². The monoisotopic (exact) mass is 417 g/mol. The van der Waals surface area contributed by atoms with Crippen LogP contribution >= 0.6 is 23.1 Å². The van der Waals surface area contributed by atoms with Crippen LogP contribution in [-0.4, -0.2) is 39.4 Å². The molecular weight excluding hydrogens is 390 g/mol. The van der Waals surface area contributed by atoms with Crippen molar-refractivity contribution in [2.45, 2.75) is 53.0 Å². The van der Waals surface area contributed by atoms with Crippen LogP contribution in [0.1, 0.15) is 52.3 Å².